The highest BCUT2D eigenvalue weighted by molar-refractivity contribution is 9.10. The summed E-state index contributed by atoms with van der Waals surface area (Å²) in [5, 5.41) is 0.514. The lowest BCUT2D eigenvalue weighted by atomic mass is 10.2. The van der Waals surface area contributed by atoms with Crippen LogP contribution in [0.25, 0.3) is 38.9 Å². The van der Waals surface area contributed by atoms with Gasteiger partial charge in [-0.25, -0.2) is 15.0 Å². The van der Waals surface area contributed by atoms with Gasteiger partial charge in [0, 0.05) is 16.2 Å². The van der Waals surface area contributed by atoms with Gasteiger partial charge in [0.2, 0.25) is 0 Å². The molecule has 0 radical (unpaired) electrons. The van der Waals surface area contributed by atoms with E-state index in [9.17, 15) is 4.79 Å². The molecule has 0 fully saturated rings. The maximum Gasteiger partial charge on any atom is 0.265 e. The van der Waals surface area contributed by atoms with E-state index in [-0.39, 0.29) is 11.6 Å². The van der Waals surface area contributed by atoms with Crippen molar-refractivity contribution in [1.29, 1.82) is 0 Å². The van der Waals surface area contributed by atoms with Crippen molar-refractivity contribution in [3.63, 3.8) is 0 Å². The molecule has 0 N–H and O–H groups in total. The Kier molecular flexibility index (Phi) is 4.66. The number of halogens is 1. The van der Waals surface area contributed by atoms with Crippen LogP contribution in [0.4, 0.5) is 0 Å². The Morgan fingerprint density at radius 1 is 1.00 bits per heavy atom. The first-order valence-electron chi connectivity index (χ1n) is 10.4. The molecule has 0 amide bonds. The zero-order valence-corrected chi connectivity index (χ0v) is 19.4. The molecule has 5 rings (SSSR count). The van der Waals surface area contributed by atoms with E-state index in [1.807, 2.05) is 61.7 Å². The van der Waals surface area contributed by atoms with Crippen molar-refractivity contribution in [2.24, 2.45) is 0 Å². The molecule has 1 unspecified atom stereocenters. The normalized spacial score (nSPS) is 12.8. The van der Waals surface area contributed by atoms with Gasteiger partial charge in [0.25, 0.3) is 5.56 Å². The summed E-state index contributed by atoms with van der Waals surface area (Å²) in [5.74, 6) is 0.689. The van der Waals surface area contributed by atoms with E-state index in [1.165, 1.54) is 0 Å². The molecule has 2 aromatic carbocycles. The number of nitrogens with zero attached hydrogens (tertiary/aromatic N) is 5. The number of rotatable bonds is 3. The van der Waals surface area contributed by atoms with Gasteiger partial charge >= 0.3 is 0 Å². The number of fused-ring (bicyclic) bond motifs is 4. The van der Waals surface area contributed by atoms with E-state index in [2.05, 4.69) is 28.9 Å². The average Bonchev–Trinajstić information content (AvgIpc) is 3.06. The Balaban J connectivity index is 2.02. The molecule has 3 aromatic heterocycles. The fourth-order valence-corrected chi connectivity index (χ4v) is 4.37. The van der Waals surface area contributed by atoms with Gasteiger partial charge in [-0.3, -0.25) is 13.9 Å². The van der Waals surface area contributed by atoms with Crippen molar-refractivity contribution in [3.8, 4) is 5.69 Å². The molecule has 5 aromatic rings. The van der Waals surface area contributed by atoms with Gasteiger partial charge in [-0.05, 0) is 63.1 Å². The number of hydrogen-bond acceptors (Lipinski definition) is 4. The molecule has 0 saturated heterocycles. The van der Waals surface area contributed by atoms with Gasteiger partial charge in [0.05, 0.1) is 11.0 Å². The smallest absolute Gasteiger partial charge is 0.265 e. The van der Waals surface area contributed by atoms with Crippen molar-refractivity contribution >= 4 is 49.2 Å². The fourth-order valence-electron chi connectivity index (χ4n) is 4.12. The highest BCUT2D eigenvalue weighted by atomic mass is 79.9. The summed E-state index contributed by atoms with van der Waals surface area (Å²) in [4.78, 5) is 28.4. The predicted octanol–water partition coefficient (Wildman–Crippen LogP) is 5.63. The Morgan fingerprint density at radius 2 is 1.71 bits per heavy atom. The number of aryl methyl sites for hydroxylation is 2. The van der Waals surface area contributed by atoms with Crippen LogP contribution < -0.4 is 5.56 Å². The van der Waals surface area contributed by atoms with Crippen molar-refractivity contribution in [1.82, 2.24) is 24.1 Å². The van der Waals surface area contributed by atoms with Gasteiger partial charge in [0.1, 0.15) is 16.7 Å². The molecule has 31 heavy (non-hydrogen) atoms. The quantitative estimate of drug-likeness (QED) is 0.338. The van der Waals surface area contributed by atoms with Crippen LogP contribution in [0.15, 0.2) is 51.7 Å². The van der Waals surface area contributed by atoms with Crippen LogP contribution in [0, 0.1) is 13.8 Å². The second kappa shape index (κ2) is 7.27. The molecule has 0 spiro atoms. The number of aromatic nitrogens is 5. The number of hydrogen-bond donors (Lipinski definition) is 0. The van der Waals surface area contributed by atoms with Gasteiger partial charge in [-0.2, -0.15) is 0 Å². The molecule has 7 heteroatoms. The second-order valence-electron chi connectivity index (χ2n) is 7.94. The molecule has 0 bridgehead atoms. The highest BCUT2D eigenvalue weighted by Gasteiger charge is 2.23. The van der Waals surface area contributed by atoms with Gasteiger partial charge in [-0.15, -0.1) is 0 Å². The van der Waals surface area contributed by atoms with E-state index < -0.39 is 0 Å². The summed E-state index contributed by atoms with van der Waals surface area (Å²) in [5.41, 5.74) is 5.28. The predicted molar refractivity (Wildman–Crippen MR) is 128 cm³/mol. The average molecular weight is 476 g/mol. The minimum atomic E-state index is -0.0704. The summed E-state index contributed by atoms with van der Waals surface area (Å²) >= 11 is 3.58. The van der Waals surface area contributed by atoms with Crippen molar-refractivity contribution < 1.29 is 0 Å². The molecule has 0 saturated carbocycles. The SMILES string of the molecule is CCC(C)n1c(C)nc2c(c1=O)c1nc3ccccc3nc1n2-c1ccc(Br)c(C)c1. The third-order valence-corrected chi connectivity index (χ3v) is 6.81. The first-order chi connectivity index (χ1) is 14.9. The molecule has 0 aliphatic rings. The summed E-state index contributed by atoms with van der Waals surface area (Å²) in [6, 6.07) is 13.9. The maximum atomic E-state index is 13.7. The summed E-state index contributed by atoms with van der Waals surface area (Å²) in [6.07, 6.45) is 0.840. The van der Waals surface area contributed by atoms with Crippen molar-refractivity contribution in [2.45, 2.75) is 40.2 Å². The van der Waals surface area contributed by atoms with Crippen LogP contribution in [-0.4, -0.2) is 24.1 Å². The molecule has 3 heterocycles. The van der Waals surface area contributed by atoms with Crippen LogP contribution in [0.1, 0.15) is 37.7 Å². The summed E-state index contributed by atoms with van der Waals surface area (Å²) < 4.78 is 4.76. The first kappa shape index (κ1) is 19.9. The third kappa shape index (κ3) is 2.98. The van der Waals surface area contributed by atoms with Crippen LogP contribution >= 0.6 is 15.9 Å². The fraction of sp³-hybridized carbons (Fsp3) is 0.250. The third-order valence-electron chi connectivity index (χ3n) is 5.92. The lowest BCUT2D eigenvalue weighted by Gasteiger charge is -2.16. The summed E-state index contributed by atoms with van der Waals surface area (Å²) in [7, 11) is 0. The minimum absolute atomic E-state index is 0.0474. The van der Waals surface area contributed by atoms with E-state index in [0.717, 1.165) is 33.2 Å². The topological polar surface area (TPSA) is 65.6 Å². The first-order valence-corrected chi connectivity index (χ1v) is 11.2. The Labute approximate surface area is 187 Å². The molecule has 156 valence electrons. The monoisotopic (exact) mass is 475 g/mol. The van der Waals surface area contributed by atoms with Crippen LogP contribution in [0.5, 0.6) is 0 Å². The Morgan fingerprint density at radius 3 is 2.39 bits per heavy atom. The van der Waals surface area contributed by atoms with E-state index in [1.54, 1.807) is 4.57 Å². The Hall–Kier alpha value is -3.06. The molecular weight excluding hydrogens is 454 g/mol. The molecular formula is C24H22BrN5O. The van der Waals surface area contributed by atoms with Crippen LogP contribution in [-0.2, 0) is 0 Å². The minimum Gasteiger partial charge on any atom is -0.293 e. The van der Waals surface area contributed by atoms with Gasteiger partial charge in [0.15, 0.2) is 11.3 Å². The highest BCUT2D eigenvalue weighted by Crippen LogP contribution is 2.30. The van der Waals surface area contributed by atoms with Crippen LogP contribution in [0.3, 0.4) is 0 Å². The molecule has 0 aliphatic carbocycles. The van der Waals surface area contributed by atoms with Crippen molar-refractivity contribution in [2.75, 3.05) is 0 Å². The second-order valence-corrected chi connectivity index (χ2v) is 8.80. The van der Waals surface area contributed by atoms with Gasteiger partial charge < -0.3 is 0 Å². The van der Waals surface area contributed by atoms with E-state index in [0.29, 0.717) is 28.0 Å². The molecule has 0 aliphatic heterocycles. The zero-order valence-electron chi connectivity index (χ0n) is 17.8. The molecule has 6 nitrogen and oxygen atoms in total. The van der Waals surface area contributed by atoms with E-state index in [4.69, 9.17) is 15.0 Å². The maximum absolute atomic E-state index is 13.7. The Bertz CT molecular complexity index is 1550. The number of para-hydroxylation sites is 2. The standard InChI is InChI=1S/C24H22BrN5O/c1-5-14(3)29-15(4)26-22-20(24(29)31)21-23(28-19-9-7-6-8-18(19)27-21)30(22)16-10-11-17(25)13(2)12-16/h6-12,14H,5H2,1-4H3. The molecule has 1 atom stereocenters. The summed E-state index contributed by atoms with van der Waals surface area (Å²) in [6.45, 7) is 8.04. The van der Waals surface area contributed by atoms with E-state index >= 15 is 0 Å². The van der Waals surface area contributed by atoms with Crippen LogP contribution in [0.2, 0.25) is 0 Å². The van der Waals surface area contributed by atoms with Crippen molar-refractivity contribution in [3.05, 3.63) is 68.7 Å². The largest absolute Gasteiger partial charge is 0.293 e. The number of benzene rings is 2. The zero-order chi connectivity index (χ0) is 21.9. The lowest BCUT2D eigenvalue weighted by Crippen LogP contribution is -2.26. The lowest BCUT2D eigenvalue weighted by molar-refractivity contribution is 0.497. The van der Waals surface area contributed by atoms with Gasteiger partial charge in [-0.1, -0.05) is 35.0 Å².